The lowest BCUT2D eigenvalue weighted by atomic mass is 9.71. The van der Waals surface area contributed by atoms with Gasteiger partial charge in [-0.15, -0.1) is 0 Å². The van der Waals surface area contributed by atoms with Crippen molar-refractivity contribution in [3.05, 3.63) is 87.2 Å². The molecule has 36 heavy (non-hydrogen) atoms. The number of para-hydroxylation sites is 1. The molecule has 0 aromatic heterocycles. The largest absolute Gasteiger partial charge is 0.494 e. The summed E-state index contributed by atoms with van der Waals surface area (Å²) in [6.45, 7) is 4.33. The number of Topliss-reactive ketones (excluding diaryl/α,β-unsaturated/α-hetero) is 1. The Labute approximate surface area is 217 Å². The Kier molecular flexibility index (Phi) is 7.20. The molecular weight excluding hydrogens is 474 g/mol. The van der Waals surface area contributed by atoms with Crippen LogP contribution in [0.3, 0.4) is 0 Å². The first-order chi connectivity index (χ1) is 17.5. The summed E-state index contributed by atoms with van der Waals surface area (Å²) in [6.07, 6.45) is 4.92. The van der Waals surface area contributed by atoms with Crippen LogP contribution >= 0.6 is 11.6 Å². The van der Waals surface area contributed by atoms with Crippen LogP contribution in [-0.4, -0.2) is 24.5 Å². The molecule has 2 aromatic carbocycles. The summed E-state index contributed by atoms with van der Waals surface area (Å²) < 4.78 is 11.9. The predicted octanol–water partition coefficient (Wildman–Crippen LogP) is 6.59. The number of rotatable bonds is 6. The zero-order valence-corrected chi connectivity index (χ0v) is 21.6. The maximum atomic E-state index is 13.8. The van der Waals surface area contributed by atoms with Gasteiger partial charge >= 0.3 is 5.97 Å². The number of allylic oxidation sites excluding steroid dienone is 3. The van der Waals surface area contributed by atoms with Crippen molar-refractivity contribution in [2.45, 2.75) is 70.3 Å². The van der Waals surface area contributed by atoms with E-state index >= 15 is 0 Å². The fourth-order valence-corrected chi connectivity index (χ4v) is 5.94. The molecule has 0 radical (unpaired) electrons. The van der Waals surface area contributed by atoms with Crippen molar-refractivity contribution in [1.82, 2.24) is 5.32 Å². The maximum Gasteiger partial charge on any atom is 0.337 e. The molecule has 1 aliphatic heterocycles. The van der Waals surface area contributed by atoms with Crippen LogP contribution < -0.4 is 10.1 Å². The van der Waals surface area contributed by atoms with Crippen molar-refractivity contribution in [2.24, 2.45) is 0 Å². The number of hydrogen-bond acceptors (Lipinski definition) is 5. The molecule has 2 aliphatic carbocycles. The standard InChI is InChI=1S/C30H32ClNO4/c1-3-35-26-11-7-6-10-23(26)28-27(30(34)36-22-8-4-5-9-22)18(2)32-24-16-20(17-25(33)29(24)28)19-12-14-21(31)15-13-19/h6-7,10-15,20,22,28,32H,3-5,8-9,16-17H2,1-2H3. The Hall–Kier alpha value is -3.05. The van der Waals surface area contributed by atoms with Gasteiger partial charge in [0.25, 0.3) is 0 Å². The topological polar surface area (TPSA) is 64.6 Å². The molecule has 2 atom stereocenters. The fraction of sp³-hybridized carbons (Fsp3) is 0.400. The lowest BCUT2D eigenvalue weighted by molar-refractivity contribution is -0.144. The van der Waals surface area contributed by atoms with E-state index in [2.05, 4.69) is 5.32 Å². The molecule has 0 spiro atoms. The number of esters is 1. The van der Waals surface area contributed by atoms with E-state index in [1.54, 1.807) is 0 Å². The highest BCUT2D eigenvalue weighted by Crippen LogP contribution is 2.48. The minimum Gasteiger partial charge on any atom is -0.494 e. The summed E-state index contributed by atoms with van der Waals surface area (Å²) in [7, 11) is 0. The van der Waals surface area contributed by atoms with Crippen LogP contribution in [0.4, 0.5) is 0 Å². The van der Waals surface area contributed by atoms with Gasteiger partial charge in [-0.2, -0.15) is 0 Å². The van der Waals surface area contributed by atoms with Gasteiger partial charge in [0, 0.05) is 34.0 Å². The number of ketones is 1. The number of hydrogen-bond donors (Lipinski definition) is 1. The summed E-state index contributed by atoms with van der Waals surface area (Å²) in [5, 5.41) is 4.11. The van der Waals surface area contributed by atoms with E-state index < -0.39 is 5.92 Å². The average Bonchev–Trinajstić information content (AvgIpc) is 3.37. The first kappa shape index (κ1) is 24.6. The van der Waals surface area contributed by atoms with Crippen molar-refractivity contribution < 1.29 is 19.1 Å². The minimum atomic E-state index is -0.531. The number of carbonyl (C=O) groups is 2. The lowest BCUT2D eigenvalue weighted by Gasteiger charge is -2.37. The first-order valence-corrected chi connectivity index (χ1v) is 13.3. The van der Waals surface area contributed by atoms with Crippen molar-refractivity contribution in [2.75, 3.05) is 6.61 Å². The van der Waals surface area contributed by atoms with Gasteiger partial charge in [-0.3, -0.25) is 4.79 Å². The molecule has 1 fully saturated rings. The Bertz CT molecular complexity index is 1220. The second-order valence-electron chi connectivity index (χ2n) is 9.85. The van der Waals surface area contributed by atoms with Gasteiger partial charge in [-0.1, -0.05) is 41.9 Å². The van der Waals surface area contributed by atoms with Crippen LogP contribution in [-0.2, 0) is 14.3 Å². The molecule has 2 aromatic rings. The second kappa shape index (κ2) is 10.5. The predicted molar refractivity (Wildman–Crippen MR) is 140 cm³/mol. The fourth-order valence-electron chi connectivity index (χ4n) is 5.82. The molecule has 1 N–H and O–H groups in total. The summed E-state index contributed by atoms with van der Waals surface area (Å²) in [5.74, 6) is -0.105. The summed E-state index contributed by atoms with van der Waals surface area (Å²) in [4.78, 5) is 27.4. The average molecular weight is 506 g/mol. The number of halogens is 1. The highest BCUT2D eigenvalue weighted by atomic mass is 35.5. The highest BCUT2D eigenvalue weighted by molar-refractivity contribution is 6.30. The van der Waals surface area contributed by atoms with E-state index in [-0.39, 0.29) is 23.8 Å². The second-order valence-corrected chi connectivity index (χ2v) is 10.3. The normalized spacial score (nSPS) is 22.4. The van der Waals surface area contributed by atoms with Crippen molar-refractivity contribution in [3.63, 3.8) is 0 Å². The van der Waals surface area contributed by atoms with Gasteiger partial charge in [-0.25, -0.2) is 4.79 Å². The molecule has 0 bridgehead atoms. The number of nitrogens with one attached hydrogen (secondary N) is 1. The maximum absolute atomic E-state index is 13.8. The van der Waals surface area contributed by atoms with Gasteiger partial charge in [0.1, 0.15) is 11.9 Å². The van der Waals surface area contributed by atoms with E-state index in [4.69, 9.17) is 21.1 Å². The van der Waals surface area contributed by atoms with Gasteiger partial charge in [-0.05, 0) is 75.6 Å². The first-order valence-electron chi connectivity index (χ1n) is 12.9. The molecular formula is C30H32ClNO4. The van der Waals surface area contributed by atoms with Crippen LogP contribution in [0.1, 0.15) is 75.3 Å². The highest BCUT2D eigenvalue weighted by Gasteiger charge is 2.43. The smallest absolute Gasteiger partial charge is 0.337 e. The third kappa shape index (κ3) is 4.81. The number of benzene rings is 2. The molecule has 5 rings (SSSR count). The molecule has 6 heteroatoms. The molecule has 0 saturated heterocycles. The van der Waals surface area contributed by atoms with Gasteiger partial charge in [0.2, 0.25) is 0 Å². The summed E-state index contributed by atoms with van der Waals surface area (Å²) in [6, 6.07) is 15.4. The van der Waals surface area contributed by atoms with E-state index in [9.17, 15) is 9.59 Å². The van der Waals surface area contributed by atoms with E-state index in [0.29, 0.717) is 41.4 Å². The molecule has 188 valence electrons. The van der Waals surface area contributed by atoms with Crippen LogP contribution in [0, 0.1) is 0 Å². The van der Waals surface area contributed by atoms with E-state index in [1.807, 2.05) is 62.4 Å². The zero-order valence-electron chi connectivity index (χ0n) is 20.8. The van der Waals surface area contributed by atoms with E-state index in [0.717, 1.165) is 48.2 Å². The number of ether oxygens (including phenoxy) is 2. The van der Waals surface area contributed by atoms with E-state index in [1.165, 1.54) is 0 Å². The Balaban J connectivity index is 1.57. The van der Waals surface area contributed by atoms with Crippen molar-refractivity contribution in [3.8, 4) is 5.75 Å². The molecule has 0 amide bonds. The Morgan fingerprint density at radius 2 is 1.78 bits per heavy atom. The van der Waals surface area contributed by atoms with Crippen LogP contribution in [0.25, 0.3) is 0 Å². The Morgan fingerprint density at radius 3 is 2.50 bits per heavy atom. The third-order valence-corrected chi connectivity index (χ3v) is 7.75. The van der Waals surface area contributed by atoms with Crippen molar-refractivity contribution >= 4 is 23.4 Å². The quantitative estimate of drug-likeness (QED) is 0.449. The molecule has 1 heterocycles. The lowest BCUT2D eigenvalue weighted by Crippen LogP contribution is -2.36. The van der Waals surface area contributed by atoms with Crippen LogP contribution in [0.5, 0.6) is 5.75 Å². The van der Waals surface area contributed by atoms with Gasteiger partial charge < -0.3 is 14.8 Å². The van der Waals surface area contributed by atoms with Gasteiger partial charge in [0.15, 0.2) is 5.78 Å². The molecule has 2 unspecified atom stereocenters. The summed E-state index contributed by atoms with van der Waals surface area (Å²) >= 11 is 6.09. The molecule has 3 aliphatic rings. The minimum absolute atomic E-state index is 0.0404. The zero-order chi connectivity index (χ0) is 25.2. The van der Waals surface area contributed by atoms with Crippen LogP contribution in [0.15, 0.2) is 71.1 Å². The third-order valence-electron chi connectivity index (χ3n) is 7.49. The number of carbonyl (C=O) groups excluding carboxylic acids is 2. The Morgan fingerprint density at radius 1 is 1.06 bits per heavy atom. The summed E-state index contributed by atoms with van der Waals surface area (Å²) in [5.41, 5.74) is 4.67. The van der Waals surface area contributed by atoms with Gasteiger partial charge in [0.05, 0.1) is 18.1 Å². The SMILES string of the molecule is CCOc1ccccc1C1C(C(=O)OC2CCCC2)=C(C)NC2=C1C(=O)CC(c1ccc(Cl)cc1)C2. The molecule has 1 saturated carbocycles. The number of dihydropyridines is 1. The van der Waals surface area contributed by atoms with Crippen LogP contribution in [0.2, 0.25) is 5.02 Å². The van der Waals surface area contributed by atoms with Crippen molar-refractivity contribution in [1.29, 1.82) is 0 Å². The molecule has 5 nitrogen and oxygen atoms in total. The monoisotopic (exact) mass is 505 g/mol.